The smallest absolute Gasteiger partial charge is 0.260 e. The zero-order chi connectivity index (χ0) is 8.74. The Hall–Kier alpha value is 0.530. The van der Waals surface area contributed by atoms with Crippen LogP contribution in [-0.4, -0.2) is 20.8 Å². The molecule has 3 nitrogen and oxygen atoms in total. The quantitative estimate of drug-likeness (QED) is 0.520. The molecule has 1 N–H and O–H groups in total. The normalized spacial score (nSPS) is 11.9. The number of unbranched alkanes of at least 4 members (excludes halogenated alkanes) is 1. The second kappa shape index (κ2) is 6.09. The second-order valence-corrected chi connectivity index (χ2v) is 5.61. The maximum Gasteiger partial charge on any atom is 0.260 e. The van der Waals surface area contributed by atoms with Gasteiger partial charge in [-0.2, -0.15) is 0 Å². The van der Waals surface area contributed by atoms with Gasteiger partial charge in [-0.25, -0.2) is 5.09 Å². The summed E-state index contributed by atoms with van der Waals surface area (Å²) in [5, 5.41) is 3.08. The first-order valence-electron chi connectivity index (χ1n) is 3.65. The third-order valence-corrected chi connectivity index (χ3v) is 4.17. The first kappa shape index (κ1) is 11.5. The molecule has 0 aliphatic heterocycles. The van der Waals surface area contributed by atoms with Crippen molar-refractivity contribution in [3.05, 3.63) is 0 Å². The Labute approximate surface area is 73.7 Å². The monoisotopic (exact) mass is 197 g/mol. The molecule has 0 unspecified atom stereocenters. The van der Waals surface area contributed by atoms with Crippen LogP contribution in [0.3, 0.4) is 0 Å². The molecule has 5 heteroatoms. The van der Waals surface area contributed by atoms with Gasteiger partial charge in [0.15, 0.2) is 0 Å². The Kier molecular flexibility index (Phi) is 6.38. The van der Waals surface area contributed by atoms with E-state index in [4.69, 9.17) is 20.9 Å². The fraction of sp³-hybridized carbons (Fsp3) is 1.00. The first-order chi connectivity index (χ1) is 5.18. The molecule has 0 aromatic carbocycles. The minimum absolute atomic E-state index is 0.870. The highest BCUT2D eigenvalue weighted by Crippen LogP contribution is 2.41. The van der Waals surface area contributed by atoms with Crippen molar-refractivity contribution in [2.24, 2.45) is 0 Å². The maximum absolute atomic E-state index is 5.07. The highest BCUT2D eigenvalue weighted by Gasteiger charge is 2.12. The Morgan fingerprint density at radius 1 is 1.36 bits per heavy atom. The summed E-state index contributed by atoms with van der Waals surface area (Å²) in [5.74, 6) is 0. The lowest BCUT2D eigenvalue weighted by molar-refractivity contribution is 0.326. The second-order valence-electron chi connectivity index (χ2n) is 2.12. The van der Waals surface area contributed by atoms with E-state index >= 15 is 0 Å². The van der Waals surface area contributed by atoms with Crippen molar-refractivity contribution < 1.29 is 9.05 Å². The molecule has 0 radical (unpaired) electrons. The van der Waals surface area contributed by atoms with Crippen LogP contribution in [0.1, 0.15) is 19.8 Å². The highest BCUT2D eigenvalue weighted by molar-refractivity contribution is 8.08. The average molecular weight is 197 g/mol. The van der Waals surface area contributed by atoms with E-state index in [1.165, 1.54) is 0 Å². The molecule has 0 aromatic heterocycles. The molecule has 0 spiro atoms. The molecule has 0 saturated carbocycles. The van der Waals surface area contributed by atoms with Gasteiger partial charge in [-0.05, 0) is 18.2 Å². The van der Waals surface area contributed by atoms with Crippen molar-refractivity contribution in [2.45, 2.75) is 19.8 Å². The largest absolute Gasteiger partial charge is 0.321 e. The SMILES string of the molecule is CCCCNP(=S)(OC)OC. The van der Waals surface area contributed by atoms with Crippen LogP contribution in [0.4, 0.5) is 0 Å². The molecule has 0 heterocycles. The van der Waals surface area contributed by atoms with Gasteiger partial charge in [0.25, 0.3) is 6.64 Å². The van der Waals surface area contributed by atoms with Gasteiger partial charge in [0.1, 0.15) is 0 Å². The zero-order valence-corrected chi connectivity index (χ0v) is 9.00. The predicted molar refractivity (Wildman–Crippen MR) is 51.2 cm³/mol. The van der Waals surface area contributed by atoms with E-state index in [9.17, 15) is 0 Å². The Morgan fingerprint density at radius 2 is 1.91 bits per heavy atom. The molecular formula is C6H16NO2PS. The summed E-state index contributed by atoms with van der Waals surface area (Å²) in [6.07, 6.45) is 2.25. The third-order valence-electron chi connectivity index (χ3n) is 1.32. The molecular weight excluding hydrogens is 181 g/mol. The summed E-state index contributed by atoms with van der Waals surface area (Å²) in [5.41, 5.74) is 0. The lowest BCUT2D eigenvalue weighted by Gasteiger charge is -2.18. The van der Waals surface area contributed by atoms with Gasteiger partial charge in [-0.15, -0.1) is 0 Å². The average Bonchev–Trinajstić information content (AvgIpc) is 2.05. The molecule has 0 rings (SSSR count). The molecule has 11 heavy (non-hydrogen) atoms. The zero-order valence-electron chi connectivity index (χ0n) is 7.29. The minimum Gasteiger partial charge on any atom is -0.321 e. The van der Waals surface area contributed by atoms with E-state index in [0.717, 1.165) is 19.4 Å². The molecule has 0 saturated heterocycles. The van der Waals surface area contributed by atoms with Gasteiger partial charge in [0, 0.05) is 20.8 Å². The van der Waals surface area contributed by atoms with Crippen molar-refractivity contribution in [3.8, 4) is 0 Å². The van der Waals surface area contributed by atoms with Crippen LogP contribution < -0.4 is 5.09 Å². The van der Waals surface area contributed by atoms with E-state index in [0.29, 0.717) is 0 Å². The standard InChI is InChI=1S/C6H16NO2PS/c1-4-5-6-7-10(11,8-2)9-3/h4-6H2,1-3H3,(H,7,11). The summed E-state index contributed by atoms with van der Waals surface area (Å²) in [7, 11) is 3.15. The number of hydrogen-bond donors (Lipinski definition) is 1. The summed E-state index contributed by atoms with van der Waals surface area (Å²) >= 11 is 5.07. The first-order valence-corrected chi connectivity index (χ1v) is 6.29. The van der Waals surface area contributed by atoms with Crippen molar-refractivity contribution in [1.82, 2.24) is 5.09 Å². The van der Waals surface area contributed by atoms with Crippen molar-refractivity contribution in [1.29, 1.82) is 0 Å². The minimum atomic E-state index is -2.13. The van der Waals surface area contributed by atoms with Crippen LogP contribution in [0.2, 0.25) is 0 Å². The Balaban J connectivity index is 3.61. The van der Waals surface area contributed by atoms with Crippen LogP contribution in [-0.2, 0) is 20.9 Å². The van der Waals surface area contributed by atoms with E-state index in [-0.39, 0.29) is 0 Å². The topological polar surface area (TPSA) is 30.5 Å². The Morgan fingerprint density at radius 3 is 2.27 bits per heavy atom. The van der Waals surface area contributed by atoms with E-state index < -0.39 is 6.64 Å². The van der Waals surface area contributed by atoms with Crippen molar-refractivity contribution in [3.63, 3.8) is 0 Å². The van der Waals surface area contributed by atoms with Gasteiger partial charge >= 0.3 is 0 Å². The van der Waals surface area contributed by atoms with E-state index in [1.807, 2.05) is 0 Å². The van der Waals surface area contributed by atoms with Crippen LogP contribution in [0, 0.1) is 0 Å². The molecule has 0 bridgehead atoms. The van der Waals surface area contributed by atoms with E-state index in [1.54, 1.807) is 14.2 Å². The predicted octanol–water partition coefficient (Wildman–Crippen LogP) is 1.89. The summed E-state index contributed by atoms with van der Waals surface area (Å²) in [6.45, 7) is 0.873. The number of nitrogens with one attached hydrogen (secondary N) is 1. The molecule has 0 amide bonds. The summed E-state index contributed by atoms with van der Waals surface area (Å²) in [4.78, 5) is 0. The van der Waals surface area contributed by atoms with Crippen LogP contribution in [0.5, 0.6) is 0 Å². The van der Waals surface area contributed by atoms with Gasteiger partial charge in [0.05, 0.1) is 0 Å². The van der Waals surface area contributed by atoms with E-state index in [2.05, 4.69) is 12.0 Å². The Bertz CT molecular complexity index is 135. The molecule has 0 aliphatic carbocycles. The van der Waals surface area contributed by atoms with Crippen molar-refractivity contribution >= 4 is 18.4 Å². The molecule has 0 fully saturated rings. The lowest BCUT2D eigenvalue weighted by Crippen LogP contribution is -2.13. The fourth-order valence-corrected chi connectivity index (χ4v) is 1.71. The molecule has 68 valence electrons. The summed E-state index contributed by atoms with van der Waals surface area (Å²) in [6, 6.07) is 0. The molecule has 0 aromatic rings. The highest BCUT2D eigenvalue weighted by atomic mass is 32.5. The van der Waals surface area contributed by atoms with Crippen molar-refractivity contribution in [2.75, 3.05) is 20.8 Å². The lowest BCUT2D eigenvalue weighted by atomic mass is 10.3. The third kappa shape index (κ3) is 4.88. The van der Waals surface area contributed by atoms with Crippen LogP contribution in [0.15, 0.2) is 0 Å². The van der Waals surface area contributed by atoms with Crippen LogP contribution >= 0.6 is 6.64 Å². The maximum atomic E-state index is 5.07. The van der Waals surface area contributed by atoms with Gasteiger partial charge < -0.3 is 9.05 Å². The van der Waals surface area contributed by atoms with Gasteiger partial charge in [-0.1, -0.05) is 13.3 Å². The fourth-order valence-electron chi connectivity index (χ4n) is 0.596. The number of rotatable bonds is 6. The van der Waals surface area contributed by atoms with Gasteiger partial charge in [-0.3, -0.25) is 0 Å². The van der Waals surface area contributed by atoms with Crippen LogP contribution in [0.25, 0.3) is 0 Å². The molecule has 0 aliphatic rings. The summed E-state index contributed by atoms with van der Waals surface area (Å²) < 4.78 is 10.1. The molecule has 0 atom stereocenters. The van der Waals surface area contributed by atoms with Gasteiger partial charge in [0.2, 0.25) is 0 Å². The number of hydrogen-bond acceptors (Lipinski definition) is 3.